The maximum atomic E-state index is 12.7. The van der Waals surface area contributed by atoms with Crippen molar-refractivity contribution in [3.05, 3.63) is 17.9 Å². The third kappa shape index (κ3) is 4.77. The highest BCUT2D eigenvalue weighted by Crippen LogP contribution is 2.27. The van der Waals surface area contributed by atoms with Gasteiger partial charge in [0.1, 0.15) is 6.04 Å². The summed E-state index contributed by atoms with van der Waals surface area (Å²) < 4.78 is 31.3. The number of thioether (sulfide) groups is 1. The fraction of sp³-hybridized carbons (Fsp3) is 0.600. The molecular weight excluding hydrogens is 368 g/mol. The van der Waals surface area contributed by atoms with Gasteiger partial charge in [0.25, 0.3) is 10.0 Å². The van der Waals surface area contributed by atoms with Crippen LogP contribution in [-0.4, -0.2) is 60.3 Å². The molecule has 0 bridgehead atoms. The number of hydrogen-bond donors (Lipinski definition) is 2. The van der Waals surface area contributed by atoms with Gasteiger partial charge < -0.3 is 14.8 Å². The Morgan fingerprint density at radius 1 is 1.44 bits per heavy atom. The van der Waals surface area contributed by atoms with Crippen LogP contribution in [0.5, 0.6) is 0 Å². The van der Waals surface area contributed by atoms with Gasteiger partial charge in [-0.2, -0.15) is 16.1 Å². The van der Waals surface area contributed by atoms with Crippen LogP contribution in [0, 0.1) is 0 Å². The molecule has 1 saturated heterocycles. The van der Waals surface area contributed by atoms with Crippen molar-refractivity contribution >= 4 is 33.7 Å². The van der Waals surface area contributed by atoms with E-state index in [2.05, 4.69) is 12.2 Å². The van der Waals surface area contributed by atoms with Gasteiger partial charge >= 0.3 is 5.97 Å². The number of carboxylic acids is 1. The molecule has 1 aromatic heterocycles. The highest BCUT2D eigenvalue weighted by Gasteiger charge is 2.41. The van der Waals surface area contributed by atoms with Gasteiger partial charge in [0.2, 0.25) is 16.8 Å². The number of furan rings is 1. The molecule has 1 amide bonds. The second kappa shape index (κ2) is 8.72. The average Bonchev–Trinajstić information content (AvgIpc) is 3.24. The van der Waals surface area contributed by atoms with Gasteiger partial charge in [0.15, 0.2) is 0 Å². The minimum atomic E-state index is -4.05. The van der Waals surface area contributed by atoms with Crippen LogP contribution in [0.1, 0.15) is 36.7 Å². The third-order valence-electron chi connectivity index (χ3n) is 3.83. The molecule has 0 aromatic carbocycles. The van der Waals surface area contributed by atoms with E-state index in [1.165, 1.54) is 0 Å². The van der Waals surface area contributed by atoms with Crippen LogP contribution in [0.25, 0.3) is 0 Å². The lowest BCUT2D eigenvalue weighted by Crippen LogP contribution is -2.46. The number of carbonyl (C=O) groups is 2. The molecular formula is C15H22N2O6S2. The van der Waals surface area contributed by atoms with Gasteiger partial charge in [-0.3, -0.25) is 4.79 Å². The molecule has 8 nitrogen and oxygen atoms in total. The lowest BCUT2D eigenvalue weighted by Gasteiger charge is -2.22. The van der Waals surface area contributed by atoms with Crippen LogP contribution in [0.4, 0.5) is 0 Å². The zero-order valence-electron chi connectivity index (χ0n) is 13.9. The summed E-state index contributed by atoms with van der Waals surface area (Å²) in [6.07, 6.45) is 1.82. The van der Waals surface area contributed by atoms with Crippen molar-refractivity contribution in [1.29, 1.82) is 0 Å². The summed E-state index contributed by atoms with van der Waals surface area (Å²) in [6.45, 7) is 2.77. The molecule has 140 valence electrons. The van der Waals surface area contributed by atoms with Crippen LogP contribution in [-0.2, 0) is 14.8 Å². The summed E-state index contributed by atoms with van der Waals surface area (Å²) in [6, 6.07) is 1.40. The maximum absolute atomic E-state index is 12.7. The van der Waals surface area contributed by atoms with E-state index in [1.807, 2.05) is 0 Å². The molecule has 2 heterocycles. The second-order valence-corrected chi connectivity index (χ2v) is 8.75. The molecule has 0 spiro atoms. The number of carbonyl (C=O) groups excluding carboxylic acids is 1. The smallest absolute Gasteiger partial charge is 0.371 e. The first kappa shape index (κ1) is 19.8. The van der Waals surface area contributed by atoms with Crippen molar-refractivity contribution in [2.75, 3.05) is 24.6 Å². The second-order valence-electron chi connectivity index (χ2n) is 5.54. The minimum absolute atomic E-state index is 0.204. The zero-order chi connectivity index (χ0) is 18.4. The first-order chi connectivity index (χ1) is 11.9. The number of rotatable bonds is 9. The number of nitrogens with one attached hydrogen (secondary N) is 1. The van der Waals surface area contributed by atoms with E-state index >= 15 is 0 Å². The molecule has 1 aromatic rings. The molecule has 0 aliphatic carbocycles. The van der Waals surface area contributed by atoms with E-state index in [0.717, 1.165) is 34.4 Å². The van der Waals surface area contributed by atoms with Crippen molar-refractivity contribution < 1.29 is 27.5 Å². The monoisotopic (exact) mass is 390 g/mol. The fourth-order valence-electron chi connectivity index (χ4n) is 2.63. The summed E-state index contributed by atoms with van der Waals surface area (Å²) in [5, 5.41) is 11.2. The number of aromatic carboxylic acids is 1. The van der Waals surface area contributed by atoms with Gasteiger partial charge in [0, 0.05) is 13.1 Å². The largest absolute Gasteiger partial charge is 0.475 e. The Morgan fingerprint density at radius 3 is 2.84 bits per heavy atom. The number of carboxylic acid groups (broad SMARTS) is 1. The van der Waals surface area contributed by atoms with Crippen LogP contribution in [0.15, 0.2) is 21.6 Å². The molecule has 1 fully saturated rings. The van der Waals surface area contributed by atoms with Gasteiger partial charge in [-0.1, -0.05) is 6.92 Å². The topological polar surface area (TPSA) is 117 Å². The Labute approximate surface area is 151 Å². The fourth-order valence-corrected chi connectivity index (χ4v) is 4.84. The Balaban J connectivity index is 2.03. The van der Waals surface area contributed by atoms with Crippen molar-refractivity contribution in [2.45, 2.75) is 37.3 Å². The highest BCUT2D eigenvalue weighted by atomic mass is 32.2. The highest BCUT2D eigenvalue weighted by molar-refractivity contribution is 7.99. The molecule has 1 aliphatic heterocycles. The standard InChI is InChI=1S/C15H22N2O6S2/c1-2-24-10-4-8-16-14(18)11-5-3-9-17(11)25(21,22)13-7-6-12(23-13)15(19)20/h6-7,11H,2-5,8-10H2,1H3,(H,16,18)(H,19,20). The minimum Gasteiger partial charge on any atom is -0.475 e. The first-order valence-corrected chi connectivity index (χ1v) is 10.7. The normalized spacial score (nSPS) is 18.4. The van der Waals surface area contributed by atoms with Crippen LogP contribution < -0.4 is 5.32 Å². The van der Waals surface area contributed by atoms with E-state index < -0.39 is 32.9 Å². The van der Waals surface area contributed by atoms with Crippen LogP contribution >= 0.6 is 11.8 Å². The van der Waals surface area contributed by atoms with E-state index in [-0.39, 0.29) is 12.5 Å². The Morgan fingerprint density at radius 2 is 2.20 bits per heavy atom. The zero-order valence-corrected chi connectivity index (χ0v) is 15.6. The number of sulfonamides is 1. The molecule has 1 aliphatic rings. The van der Waals surface area contributed by atoms with Gasteiger partial charge in [0.05, 0.1) is 0 Å². The Bertz CT molecular complexity index is 715. The third-order valence-corrected chi connectivity index (χ3v) is 6.60. The van der Waals surface area contributed by atoms with Gasteiger partial charge in [-0.05, 0) is 42.9 Å². The number of nitrogens with zero attached hydrogens (tertiary/aromatic N) is 1. The molecule has 25 heavy (non-hydrogen) atoms. The summed E-state index contributed by atoms with van der Waals surface area (Å²) in [5.74, 6) is -0.167. The van der Waals surface area contributed by atoms with Gasteiger partial charge in [-0.25, -0.2) is 13.2 Å². The number of hydrogen-bond acceptors (Lipinski definition) is 6. The predicted octanol–water partition coefficient (Wildman–Crippen LogP) is 1.39. The molecule has 2 rings (SSSR count). The molecule has 2 N–H and O–H groups in total. The molecule has 10 heteroatoms. The van der Waals surface area contributed by atoms with E-state index in [4.69, 9.17) is 9.52 Å². The lowest BCUT2D eigenvalue weighted by molar-refractivity contribution is -0.124. The molecule has 1 unspecified atom stereocenters. The van der Waals surface area contributed by atoms with Crippen LogP contribution in [0.2, 0.25) is 0 Å². The van der Waals surface area contributed by atoms with Gasteiger partial charge in [-0.15, -0.1) is 0 Å². The first-order valence-electron chi connectivity index (χ1n) is 8.08. The molecule has 0 radical (unpaired) electrons. The summed E-state index contributed by atoms with van der Waals surface area (Å²) in [5.41, 5.74) is 0. The van der Waals surface area contributed by atoms with Crippen molar-refractivity contribution in [3.63, 3.8) is 0 Å². The Kier molecular flexibility index (Phi) is 6.91. The maximum Gasteiger partial charge on any atom is 0.371 e. The predicted molar refractivity (Wildman–Crippen MR) is 93.2 cm³/mol. The summed E-state index contributed by atoms with van der Waals surface area (Å²) >= 11 is 1.78. The Hall–Kier alpha value is -1.52. The quantitative estimate of drug-likeness (QED) is 0.612. The summed E-state index contributed by atoms with van der Waals surface area (Å²) in [4.78, 5) is 23.2. The molecule has 0 saturated carbocycles. The number of amides is 1. The van der Waals surface area contributed by atoms with E-state index in [0.29, 0.717) is 19.4 Å². The van der Waals surface area contributed by atoms with Crippen LogP contribution in [0.3, 0.4) is 0 Å². The average molecular weight is 390 g/mol. The molecule has 1 atom stereocenters. The van der Waals surface area contributed by atoms with Crippen molar-refractivity contribution in [1.82, 2.24) is 9.62 Å². The lowest BCUT2D eigenvalue weighted by atomic mass is 10.2. The SMILES string of the molecule is CCSCCCNC(=O)C1CCCN1S(=O)(=O)c1ccc(C(=O)O)o1. The van der Waals surface area contributed by atoms with Crippen molar-refractivity contribution in [2.24, 2.45) is 0 Å². The van der Waals surface area contributed by atoms with E-state index in [1.54, 1.807) is 11.8 Å². The van der Waals surface area contributed by atoms with E-state index in [9.17, 15) is 18.0 Å². The van der Waals surface area contributed by atoms with Crippen molar-refractivity contribution in [3.8, 4) is 0 Å². The summed E-state index contributed by atoms with van der Waals surface area (Å²) in [7, 11) is -4.05.